The standard InChI is InChI=1S/C13H19/c1-9(2)12-6-11(5)7-13(8-12)10(3)4/h6,8-10H,1-5H3. The van der Waals surface area contributed by atoms with Crippen LogP contribution in [0.5, 0.6) is 0 Å². The highest BCUT2D eigenvalue weighted by atomic mass is 14.1. The highest BCUT2D eigenvalue weighted by molar-refractivity contribution is 5.31. The normalized spacial score (nSPS) is 11.3. The van der Waals surface area contributed by atoms with E-state index in [2.05, 4.69) is 52.8 Å². The minimum Gasteiger partial charge on any atom is -0.0587 e. The van der Waals surface area contributed by atoms with Crippen molar-refractivity contribution in [3.8, 4) is 0 Å². The molecule has 0 amide bonds. The second-order valence-corrected chi connectivity index (χ2v) is 4.36. The summed E-state index contributed by atoms with van der Waals surface area (Å²) in [6.07, 6.45) is 0. The van der Waals surface area contributed by atoms with Crippen LogP contribution in [0.4, 0.5) is 0 Å². The summed E-state index contributed by atoms with van der Waals surface area (Å²) in [4.78, 5) is 0. The molecule has 1 rings (SSSR count). The van der Waals surface area contributed by atoms with Crippen LogP contribution in [0.2, 0.25) is 0 Å². The van der Waals surface area contributed by atoms with Crippen LogP contribution in [0.3, 0.4) is 0 Å². The monoisotopic (exact) mass is 175 g/mol. The number of aryl methyl sites for hydroxylation is 1. The third kappa shape index (κ3) is 2.58. The molecule has 0 saturated carbocycles. The van der Waals surface area contributed by atoms with Gasteiger partial charge in [-0.1, -0.05) is 39.8 Å². The summed E-state index contributed by atoms with van der Waals surface area (Å²) in [6.45, 7) is 11.0. The zero-order valence-electron chi connectivity index (χ0n) is 9.31. The SMILES string of the molecule is Cc1[c]c(C(C)C)cc(C(C)C)c1. The molecule has 0 aliphatic heterocycles. The van der Waals surface area contributed by atoms with Crippen molar-refractivity contribution in [1.82, 2.24) is 0 Å². The van der Waals surface area contributed by atoms with Crippen LogP contribution >= 0.6 is 0 Å². The third-order valence-electron chi connectivity index (χ3n) is 2.34. The van der Waals surface area contributed by atoms with Crippen LogP contribution < -0.4 is 0 Å². The topological polar surface area (TPSA) is 0 Å². The minimum absolute atomic E-state index is 0.581. The van der Waals surface area contributed by atoms with Gasteiger partial charge in [0.2, 0.25) is 0 Å². The first-order valence-corrected chi connectivity index (χ1v) is 5.04. The summed E-state index contributed by atoms with van der Waals surface area (Å²) >= 11 is 0. The van der Waals surface area contributed by atoms with Crippen LogP contribution in [0.1, 0.15) is 56.2 Å². The van der Waals surface area contributed by atoms with E-state index in [1.807, 2.05) is 0 Å². The van der Waals surface area contributed by atoms with Crippen molar-refractivity contribution in [1.29, 1.82) is 0 Å². The summed E-state index contributed by atoms with van der Waals surface area (Å²) in [6, 6.07) is 7.91. The highest BCUT2D eigenvalue weighted by Crippen LogP contribution is 2.22. The summed E-state index contributed by atoms with van der Waals surface area (Å²) in [5.74, 6) is 1.20. The van der Waals surface area contributed by atoms with Crippen LogP contribution in [0, 0.1) is 13.0 Å². The summed E-state index contributed by atoms with van der Waals surface area (Å²) in [7, 11) is 0. The molecule has 0 saturated heterocycles. The summed E-state index contributed by atoms with van der Waals surface area (Å²) in [5, 5.41) is 0. The molecule has 0 bridgehead atoms. The first-order valence-electron chi connectivity index (χ1n) is 5.04. The first-order chi connectivity index (χ1) is 6.00. The molecule has 0 aliphatic rings. The van der Waals surface area contributed by atoms with Crippen molar-refractivity contribution < 1.29 is 0 Å². The number of hydrogen-bond donors (Lipinski definition) is 0. The maximum Gasteiger partial charge on any atom is -0.0114 e. The molecule has 0 spiro atoms. The largest absolute Gasteiger partial charge is 0.0587 e. The molecular formula is C13H19. The lowest BCUT2D eigenvalue weighted by molar-refractivity contribution is 0.829. The zero-order valence-corrected chi connectivity index (χ0v) is 9.31. The third-order valence-corrected chi connectivity index (χ3v) is 2.34. The van der Waals surface area contributed by atoms with Gasteiger partial charge in [0.1, 0.15) is 0 Å². The zero-order chi connectivity index (χ0) is 10.0. The van der Waals surface area contributed by atoms with E-state index in [0.29, 0.717) is 11.8 Å². The molecule has 0 atom stereocenters. The van der Waals surface area contributed by atoms with Crippen LogP contribution in [0.25, 0.3) is 0 Å². The first kappa shape index (κ1) is 10.3. The van der Waals surface area contributed by atoms with Crippen LogP contribution in [-0.4, -0.2) is 0 Å². The Hall–Kier alpha value is -0.780. The quantitative estimate of drug-likeness (QED) is 0.636. The van der Waals surface area contributed by atoms with Gasteiger partial charge < -0.3 is 0 Å². The molecule has 71 valence electrons. The molecule has 0 heteroatoms. The second kappa shape index (κ2) is 3.95. The Morgan fingerprint density at radius 2 is 1.62 bits per heavy atom. The average Bonchev–Trinajstić information content (AvgIpc) is 2.03. The van der Waals surface area contributed by atoms with Gasteiger partial charge in [-0.25, -0.2) is 0 Å². The van der Waals surface area contributed by atoms with Crippen molar-refractivity contribution in [2.24, 2.45) is 0 Å². The lowest BCUT2D eigenvalue weighted by Gasteiger charge is -2.11. The van der Waals surface area contributed by atoms with E-state index in [9.17, 15) is 0 Å². The van der Waals surface area contributed by atoms with Gasteiger partial charge in [-0.2, -0.15) is 0 Å². The predicted molar refractivity (Wildman–Crippen MR) is 58.2 cm³/mol. The van der Waals surface area contributed by atoms with Gasteiger partial charge in [0.25, 0.3) is 0 Å². The Labute approximate surface area is 82.0 Å². The average molecular weight is 175 g/mol. The van der Waals surface area contributed by atoms with Crippen molar-refractivity contribution in [2.45, 2.75) is 46.5 Å². The fourth-order valence-corrected chi connectivity index (χ4v) is 1.42. The summed E-state index contributed by atoms with van der Waals surface area (Å²) in [5.41, 5.74) is 4.03. The van der Waals surface area contributed by atoms with Gasteiger partial charge in [-0.3, -0.25) is 0 Å². The molecule has 0 heterocycles. The molecule has 1 radical (unpaired) electrons. The van der Waals surface area contributed by atoms with Crippen molar-refractivity contribution in [3.63, 3.8) is 0 Å². The Kier molecular flexibility index (Phi) is 3.13. The lowest BCUT2D eigenvalue weighted by atomic mass is 9.94. The number of rotatable bonds is 2. The molecular weight excluding hydrogens is 156 g/mol. The Morgan fingerprint density at radius 3 is 2.08 bits per heavy atom. The van der Waals surface area contributed by atoms with Gasteiger partial charge in [0.15, 0.2) is 0 Å². The lowest BCUT2D eigenvalue weighted by Crippen LogP contribution is -1.94. The molecule has 0 aromatic heterocycles. The summed E-state index contributed by atoms with van der Waals surface area (Å²) < 4.78 is 0. The fourth-order valence-electron chi connectivity index (χ4n) is 1.42. The van der Waals surface area contributed by atoms with E-state index >= 15 is 0 Å². The number of benzene rings is 1. The minimum atomic E-state index is 0.581. The predicted octanol–water partition coefficient (Wildman–Crippen LogP) is 4.04. The second-order valence-electron chi connectivity index (χ2n) is 4.36. The Balaban J connectivity index is 3.11. The fraction of sp³-hybridized carbons (Fsp3) is 0.538. The molecule has 1 aromatic rings. The molecule has 13 heavy (non-hydrogen) atoms. The van der Waals surface area contributed by atoms with E-state index in [1.54, 1.807) is 0 Å². The van der Waals surface area contributed by atoms with Crippen LogP contribution in [-0.2, 0) is 0 Å². The van der Waals surface area contributed by atoms with Crippen LogP contribution in [0.15, 0.2) is 12.1 Å². The molecule has 0 N–H and O–H groups in total. The Bertz CT molecular complexity index is 256. The van der Waals surface area contributed by atoms with E-state index in [1.165, 1.54) is 16.7 Å². The molecule has 0 unspecified atom stereocenters. The van der Waals surface area contributed by atoms with Gasteiger partial charge in [0.05, 0.1) is 0 Å². The molecule has 0 fully saturated rings. The van der Waals surface area contributed by atoms with E-state index in [4.69, 9.17) is 0 Å². The van der Waals surface area contributed by atoms with Gasteiger partial charge in [-0.05, 0) is 41.5 Å². The highest BCUT2D eigenvalue weighted by Gasteiger charge is 2.05. The van der Waals surface area contributed by atoms with Crippen molar-refractivity contribution >= 4 is 0 Å². The molecule has 0 nitrogen and oxygen atoms in total. The van der Waals surface area contributed by atoms with Gasteiger partial charge in [-0.15, -0.1) is 0 Å². The van der Waals surface area contributed by atoms with E-state index < -0.39 is 0 Å². The van der Waals surface area contributed by atoms with Crippen molar-refractivity contribution in [2.75, 3.05) is 0 Å². The maximum atomic E-state index is 3.40. The number of hydrogen-bond acceptors (Lipinski definition) is 0. The Morgan fingerprint density at radius 1 is 1.00 bits per heavy atom. The molecule has 1 aromatic carbocycles. The van der Waals surface area contributed by atoms with Crippen molar-refractivity contribution in [3.05, 3.63) is 34.9 Å². The smallest absolute Gasteiger partial charge is 0.0114 e. The van der Waals surface area contributed by atoms with E-state index in [0.717, 1.165) is 0 Å². The van der Waals surface area contributed by atoms with E-state index in [-0.39, 0.29) is 0 Å². The molecule has 0 aliphatic carbocycles. The maximum absolute atomic E-state index is 3.40. The van der Waals surface area contributed by atoms with Gasteiger partial charge >= 0.3 is 0 Å². The van der Waals surface area contributed by atoms with Gasteiger partial charge in [0, 0.05) is 0 Å².